The van der Waals surface area contributed by atoms with E-state index in [-0.39, 0.29) is 0 Å². The standard InChI is InChI=1S/C14H15N3/c1-17-13-7-11(15)4-2-9(13)6-10-3-5-12(16)8-14(10)17/h2,4,6-8,15H,3,5,16H2,1H3. The van der Waals surface area contributed by atoms with Gasteiger partial charge in [-0.1, -0.05) is 6.07 Å². The minimum atomic E-state index is 0.542. The number of nitrogens with zero attached hydrogens (tertiary/aromatic N) is 1. The van der Waals surface area contributed by atoms with E-state index in [0.29, 0.717) is 5.36 Å². The van der Waals surface area contributed by atoms with Gasteiger partial charge in [0.05, 0.1) is 11.1 Å². The molecule has 0 atom stereocenters. The Morgan fingerprint density at radius 3 is 2.88 bits per heavy atom. The van der Waals surface area contributed by atoms with Gasteiger partial charge in [0, 0.05) is 18.4 Å². The number of aryl methyl sites for hydroxylation is 1. The van der Waals surface area contributed by atoms with E-state index in [4.69, 9.17) is 11.1 Å². The van der Waals surface area contributed by atoms with Gasteiger partial charge >= 0.3 is 0 Å². The average molecular weight is 225 g/mol. The molecule has 1 heterocycles. The molecule has 17 heavy (non-hydrogen) atoms. The second-order valence-electron chi connectivity index (χ2n) is 4.61. The number of aromatic nitrogens is 1. The lowest BCUT2D eigenvalue weighted by Gasteiger charge is -2.22. The first-order chi connectivity index (χ1) is 8.15. The molecule has 1 aliphatic heterocycles. The molecule has 0 aromatic rings. The SMILES string of the molecule is Cn1c2cc(=N)ccc-2cc2c1C=C(N)CC2. The van der Waals surface area contributed by atoms with Crippen LogP contribution >= 0.6 is 0 Å². The predicted octanol–water partition coefficient (Wildman–Crippen LogP) is 1.86. The lowest BCUT2D eigenvalue weighted by atomic mass is 9.95. The number of hydrogen-bond donors (Lipinski definition) is 2. The van der Waals surface area contributed by atoms with E-state index < -0.39 is 0 Å². The predicted molar refractivity (Wildman–Crippen MR) is 68.4 cm³/mol. The molecule has 3 aliphatic rings. The number of benzene rings is 1. The number of nitrogens with one attached hydrogen (secondary N) is 1. The summed E-state index contributed by atoms with van der Waals surface area (Å²) in [6, 6.07) is 7.96. The fourth-order valence-corrected chi connectivity index (χ4v) is 2.48. The third-order valence-electron chi connectivity index (χ3n) is 3.42. The first-order valence-corrected chi connectivity index (χ1v) is 5.78. The molecule has 86 valence electrons. The van der Waals surface area contributed by atoms with Gasteiger partial charge in [-0.2, -0.15) is 0 Å². The van der Waals surface area contributed by atoms with Crippen molar-refractivity contribution in [3.05, 3.63) is 46.6 Å². The Morgan fingerprint density at radius 1 is 1.24 bits per heavy atom. The number of hydrogen-bond acceptors (Lipinski definition) is 2. The van der Waals surface area contributed by atoms with E-state index in [1.54, 1.807) is 0 Å². The second kappa shape index (κ2) is 3.48. The maximum atomic E-state index is 7.70. The van der Waals surface area contributed by atoms with Crippen LogP contribution in [-0.2, 0) is 13.5 Å². The van der Waals surface area contributed by atoms with Crippen molar-refractivity contribution in [3.8, 4) is 11.3 Å². The summed E-state index contributed by atoms with van der Waals surface area (Å²) in [6.07, 6.45) is 3.99. The molecule has 0 aromatic heterocycles. The van der Waals surface area contributed by atoms with Crippen LogP contribution in [0, 0.1) is 5.41 Å². The second-order valence-corrected chi connectivity index (χ2v) is 4.61. The number of nitrogens with two attached hydrogens (primary N) is 1. The highest BCUT2D eigenvalue weighted by Gasteiger charge is 2.15. The Balaban J connectivity index is 2.39. The molecule has 3 N–H and O–H groups in total. The van der Waals surface area contributed by atoms with Crippen molar-refractivity contribution in [2.75, 3.05) is 0 Å². The minimum absolute atomic E-state index is 0.542. The Bertz CT molecular complexity index is 649. The van der Waals surface area contributed by atoms with Gasteiger partial charge in [0.25, 0.3) is 0 Å². The third-order valence-corrected chi connectivity index (χ3v) is 3.42. The number of fused-ring (bicyclic) bond motifs is 2. The molecular formula is C14H15N3. The molecule has 2 aliphatic carbocycles. The van der Waals surface area contributed by atoms with Crippen LogP contribution in [0.3, 0.4) is 0 Å². The Morgan fingerprint density at radius 2 is 2.06 bits per heavy atom. The van der Waals surface area contributed by atoms with Gasteiger partial charge in [0.15, 0.2) is 0 Å². The molecule has 3 nitrogen and oxygen atoms in total. The maximum absolute atomic E-state index is 7.70. The van der Waals surface area contributed by atoms with Gasteiger partial charge in [0.1, 0.15) is 0 Å². The summed E-state index contributed by atoms with van der Waals surface area (Å²) in [4.78, 5) is 0. The van der Waals surface area contributed by atoms with Crippen molar-refractivity contribution < 1.29 is 0 Å². The molecular weight excluding hydrogens is 210 g/mol. The lowest BCUT2D eigenvalue weighted by molar-refractivity contribution is 0.826. The summed E-state index contributed by atoms with van der Waals surface area (Å²) in [5.74, 6) is 0. The van der Waals surface area contributed by atoms with Crippen LogP contribution in [0.1, 0.15) is 17.7 Å². The zero-order valence-corrected chi connectivity index (χ0v) is 9.83. The van der Waals surface area contributed by atoms with Gasteiger partial charge in [-0.15, -0.1) is 0 Å². The van der Waals surface area contributed by atoms with Crippen molar-refractivity contribution in [3.63, 3.8) is 0 Å². The zero-order chi connectivity index (χ0) is 12.0. The molecule has 0 fully saturated rings. The van der Waals surface area contributed by atoms with Crippen LogP contribution in [-0.4, -0.2) is 4.57 Å². The van der Waals surface area contributed by atoms with Gasteiger partial charge in [0.2, 0.25) is 0 Å². The fraction of sp³-hybridized carbons (Fsp3) is 0.214. The quantitative estimate of drug-likeness (QED) is 0.706. The van der Waals surface area contributed by atoms with E-state index in [9.17, 15) is 0 Å². The number of pyridine rings is 1. The molecule has 0 spiro atoms. The molecule has 0 bridgehead atoms. The van der Waals surface area contributed by atoms with Gasteiger partial charge in [-0.05, 0) is 48.2 Å². The zero-order valence-electron chi connectivity index (χ0n) is 9.83. The van der Waals surface area contributed by atoms with Crippen LogP contribution < -0.4 is 11.1 Å². The molecule has 0 saturated carbocycles. The minimum Gasteiger partial charge on any atom is -0.402 e. The highest BCUT2D eigenvalue weighted by atomic mass is 15.0. The van der Waals surface area contributed by atoms with Crippen molar-refractivity contribution >= 4 is 6.08 Å². The summed E-state index contributed by atoms with van der Waals surface area (Å²) >= 11 is 0. The monoisotopic (exact) mass is 225 g/mol. The summed E-state index contributed by atoms with van der Waals surface area (Å²) in [7, 11) is 2.04. The van der Waals surface area contributed by atoms with Crippen LogP contribution in [0.25, 0.3) is 17.3 Å². The van der Waals surface area contributed by atoms with Crippen molar-refractivity contribution in [1.29, 1.82) is 5.41 Å². The first kappa shape index (κ1) is 10.1. The summed E-state index contributed by atoms with van der Waals surface area (Å²) in [5.41, 5.74) is 11.6. The summed E-state index contributed by atoms with van der Waals surface area (Å²) < 4.78 is 2.13. The fourth-order valence-electron chi connectivity index (χ4n) is 2.48. The summed E-state index contributed by atoms with van der Waals surface area (Å²) in [6.45, 7) is 0. The topological polar surface area (TPSA) is 54.8 Å². The average Bonchev–Trinajstić information content (AvgIpc) is 2.32. The van der Waals surface area contributed by atoms with Crippen LogP contribution in [0.15, 0.2) is 30.0 Å². The van der Waals surface area contributed by atoms with Gasteiger partial charge < -0.3 is 15.7 Å². The van der Waals surface area contributed by atoms with Gasteiger partial charge in [-0.25, -0.2) is 0 Å². The van der Waals surface area contributed by atoms with E-state index in [1.165, 1.54) is 16.8 Å². The van der Waals surface area contributed by atoms with E-state index in [1.807, 2.05) is 25.2 Å². The molecule has 0 radical (unpaired) electrons. The van der Waals surface area contributed by atoms with Crippen LogP contribution in [0.2, 0.25) is 0 Å². The maximum Gasteiger partial charge on any atom is 0.0561 e. The van der Waals surface area contributed by atoms with Crippen LogP contribution in [0.4, 0.5) is 0 Å². The Kier molecular flexibility index (Phi) is 2.08. The smallest absolute Gasteiger partial charge is 0.0561 e. The molecule has 0 unspecified atom stereocenters. The Hall–Kier alpha value is -2.03. The normalized spacial score (nSPS) is 14.5. The molecule has 0 aromatic carbocycles. The highest BCUT2D eigenvalue weighted by molar-refractivity contribution is 5.68. The van der Waals surface area contributed by atoms with E-state index >= 15 is 0 Å². The van der Waals surface area contributed by atoms with E-state index in [0.717, 1.165) is 24.2 Å². The largest absolute Gasteiger partial charge is 0.402 e. The third kappa shape index (κ3) is 1.55. The number of rotatable bonds is 0. The van der Waals surface area contributed by atoms with Gasteiger partial charge in [-0.3, -0.25) is 0 Å². The molecule has 0 saturated heterocycles. The van der Waals surface area contributed by atoms with Crippen molar-refractivity contribution in [2.24, 2.45) is 12.8 Å². The lowest BCUT2D eigenvalue weighted by Crippen LogP contribution is -2.14. The van der Waals surface area contributed by atoms with Crippen LogP contribution in [0.5, 0.6) is 0 Å². The van der Waals surface area contributed by atoms with Crippen molar-refractivity contribution in [1.82, 2.24) is 4.57 Å². The molecule has 3 heteroatoms. The highest BCUT2D eigenvalue weighted by Crippen LogP contribution is 2.29. The molecule has 3 rings (SSSR count). The van der Waals surface area contributed by atoms with E-state index in [2.05, 4.69) is 16.7 Å². The Labute approximate surface area is 100 Å². The molecule has 0 amide bonds. The summed E-state index contributed by atoms with van der Waals surface area (Å²) in [5, 5.41) is 8.24. The number of allylic oxidation sites excluding steroid dienone is 1. The van der Waals surface area contributed by atoms with Crippen molar-refractivity contribution in [2.45, 2.75) is 12.8 Å². The first-order valence-electron chi connectivity index (χ1n) is 5.78.